The fraction of sp³-hybridized carbons (Fsp3) is 1.00. The lowest BCUT2D eigenvalue weighted by Gasteiger charge is -2.33. The first kappa shape index (κ1) is 13.9. The van der Waals surface area contributed by atoms with Crippen LogP contribution in [0, 0.1) is 0 Å². The van der Waals surface area contributed by atoms with Crippen molar-refractivity contribution in [3.63, 3.8) is 0 Å². The molecule has 1 heterocycles. The highest BCUT2D eigenvalue weighted by Crippen LogP contribution is 2.05. The average Bonchev–Trinajstić information content (AvgIpc) is 2.30. The van der Waals surface area contributed by atoms with Crippen molar-refractivity contribution in [1.29, 1.82) is 0 Å². The van der Waals surface area contributed by atoms with E-state index in [-0.39, 0.29) is 0 Å². The lowest BCUT2D eigenvalue weighted by atomic mass is 10.2. The van der Waals surface area contributed by atoms with Gasteiger partial charge in [-0.25, -0.2) is 0 Å². The Kier molecular flexibility index (Phi) is 6.96. The largest absolute Gasteiger partial charge is 0.374 e. The third-order valence-electron chi connectivity index (χ3n) is 3.21. The molecule has 4 nitrogen and oxygen atoms in total. The smallest absolute Gasteiger partial charge is 0.0826 e. The van der Waals surface area contributed by atoms with Crippen molar-refractivity contribution in [3.8, 4) is 0 Å². The predicted molar refractivity (Wildman–Crippen MR) is 67.9 cm³/mol. The molecular weight excluding hydrogens is 202 g/mol. The molecule has 1 rings (SSSR count). The molecule has 16 heavy (non-hydrogen) atoms. The number of morpholine rings is 1. The number of hydrogen-bond acceptors (Lipinski definition) is 4. The van der Waals surface area contributed by atoms with E-state index in [1.54, 1.807) is 0 Å². The first-order valence-corrected chi connectivity index (χ1v) is 6.43. The summed E-state index contributed by atoms with van der Waals surface area (Å²) in [7, 11) is 4.17. The average molecular weight is 229 g/mol. The molecule has 0 amide bonds. The SMILES string of the molecule is CCN(C)CCCN1CCOC(CNC)C1. The van der Waals surface area contributed by atoms with Gasteiger partial charge in [-0.05, 0) is 40.2 Å². The highest BCUT2D eigenvalue weighted by Gasteiger charge is 2.19. The quantitative estimate of drug-likeness (QED) is 0.677. The fourth-order valence-corrected chi connectivity index (χ4v) is 2.06. The maximum atomic E-state index is 5.68. The van der Waals surface area contributed by atoms with Gasteiger partial charge in [-0.2, -0.15) is 0 Å². The van der Waals surface area contributed by atoms with Gasteiger partial charge in [-0.1, -0.05) is 6.92 Å². The highest BCUT2D eigenvalue weighted by molar-refractivity contribution is 4.72. The lowest BCUT2D eigenvalue weighted by Crippen LogP contribution is -2.46. The first-order valence-electron chi connectivity index (χ1n) is 6.43. The summed E-state index contributed by atoms with van der Waals surface area (Å²) in [6, 6.07) is 0. The van der Waals surface area contributed by atoms with E-state index < -0.39 is 0 Å². The van der Waals surface area contributed by atoms with Crippen LogP contribution in [0.15, 0.2) is 0 Å². The minimum atomic E-state index is 0.377. The molecule has 1 fully saturated rings. The van der Waals surface area contributed by atoms with Crippen LogP contribution in [0.4, 0.5) is 0 Å². The molecule has 0 saturated carbocycles. The molecule has 1 atom stereocenters. The molecule has 1 N–H and O–H groups in total. The zero-order valence-electron chi connectivity index (χ0n) is 11.0. The molecule has 1 aliphatic rings. The van der Waals surface area contributed by atoms with Gasteiger partial charge in [0.15, 0.2) is 0 Å². The van der Waals surface area contributed by atoms with Crippen molar-refractivity contribution in [3.05, 3.63) is 0 Å². The van der Waals surface area contributed by atoms with Crippen molar-refractivity contribution in [2.24, 2.45) is 0 Å². The molecule has 0 aliphatic carbocycles. The van der Waals surface area contributed by atoms with Gasteiger partial charge in [0.05, 0.1) is 12.7 Å². The fourth-order valence-electron chi connectivity index (χ4n) is 2.06. The monoisotopic (exact) mass is 229 g/mol. The Balaban J connectivity index is 2.11. The number of rotatable bonds is 7. The van der Waals surface area contributed by atoms with Gasteiger partial charge in [-0.3, -0.25) is 4.90 Å². The second-order valence-corrected chi connectivity index (χ2v) is 4.60. The topological polar surface area (TPSA) is 27.7 Å². The summed E-state index contributed by atoms with van der Waals surface area (Å²) in [5, 5.41) is 3.18. The molecule has 0 aromatic carbocycles. The second-order valence-electron chi connectivity index (χ2n) is 4.60. The predicted octanol–water partition coefficient (Wildman–Crippen LogP) is 0.248. The van der Waals surface area contributed by atoms with Gasteiger partial charge in [0, 0.05) is 19.6 Å². The summed E-state index contributed by atoms with van der Waals surface area (Å²) < 4.78 is 5.68. The third kappa shape index (κ3) is 5.25. The summed E-state index contributed by atoms with van der Waals surface area (Å²) >= 11 is 0. The van der Waals surface area contributed by atoms with E-state index in [9.17, 15) is 0 Å². The molecule has 0 bridgehead atoms. The van der Waals surface area contributed by atoms with E-state index in [1.807, 2.05) is 7.05 Å². The molecular formula is C12H27N3O. The third-order valence-corrected chi connectivity index (χ3v) is 3.21. The normalized spacial score (nSPS) is 22.9. The van der Waals surface area contributed by atoms with Gasteiger partial charge < -0.3 is 15.0 Å². The van der Waals surface area contributed by atoms with Crippen LogP contribution in [-0.2, 0) is 4.74 Å². The van der Waals surface area contributed by atoms with Crippen molar-refractivity contribution in [1.82, 2.24) is 15.1 Å². The zero-order chi connectivity index (χ0) is 11.8. The van der Waals surface area contributed by atoms with Crippen LogP contribution in [-0.4, -0.2) is 75.9 Å². The first-order chi connectivity index (χ1) is 7.76. The molecule has 1 unspecified atom stereocenters. The maximum Gasteiger partial charge on any atom is 0.0826 e. The van der Waals surface area contributed by atoms with Crippen LogP contribution in [0.5, 0.6) is 0 Å². The minimum Gasteiger partial charge on any atom is -0.374 e. The van der Waals surface area contributed by atoms with Crippen LogP contribution in [0.25, 0.3) is 0 Å². The van der Waals surface area contributed by atoms with Gasteiger partial charge in [0.25, 0.3) is 0 Å². The number of nitrogens with zero attached hydrogens (tertiary/aromatic N) is 2. The summed E-state index contributed by atoms with van der Waals surface area (Å²) in [5.41, 5.74) is 0. The molecule has 0 radical (unpaired) electrons. The second kappa shape index (κ2) is 8.01. The zero-order valence-corrected chi connectivity index (χ0v) is 11.0. The highest BCUT2D eigenvalue weighted by atomic mass is 16.5. The molecule has 0 aromatic rings. The standard InChI is InChI=1S/C12H27N3O/c1-4-14(3)6-5-7-15-8-9-16-12(11-15)10-13-2/h12-13H,4-11H2,1-3H3. The van der Waals surface area contributed by atoms with E-state index in [0.717, 1.165) is 32.8 Å². The van der Waals surface area contributed by atoms with Crippen LogP contribution in [0.1, 0.15) is 13.3 Å². The van der Waals surface area contributed by atoms with E-state index in [4.69, 9.17) is 4.74 Å². The van der Waals surface area contributed by atoms with Crippen LogP contribution in [0.3, 0.4) is 0 Å². The van der Waals surface area contributed by atoms with Crippen molar-refractivity contribution < 1.29 is 4.74 Å². The number of ether oxygens (including phenoxy) is 1. The molecule has 1 aliphatic heterocycles. The van der Waals surface area contributed by atoms with Crippen LogP contribution >= 0.6 is 0 Å². The van der Waals surface area contributed by atoms with Crippen molar-refractivity contribution in [2.45, 2.75) is 19.4 Å². The Bertz CT molecular complexity index is 176. The van der Waals surface area contributed by atoms with Gasteiger partial charge in [-0.15, -0.1) is 0 Å². The van der Waals surface area contributed by atoms with E-state index in [2.05, 4.69) is 29.1 Å². The molecule has 4 heteroatoms. The summed E-state index contributed by atoms with van der Waals surface area (Å²) in [6.07, 6.45) is 1.64. The van der Waals surface area contributed by atoms with E-state index >= 15 is 0 Å². The molecule has 0 aromatic heterocycles. The van der Waals surface area contributed by atoms with Crippen LogP contribution < -0.4 is 5.32 Å². The Morgan fingerprint density at radius 1 is 1.50 bits per heavy atom. The summed E-state index contributed by atoms with van der Waals surface area (Å²) in [5.74, 6) is 0. The maximum absolute atomic E-state index is 5.68. The number of nitrogens with one attached hydrogen (secondary N) is 1. The minimum absolute atomic E-state index is 0.377. The van der Waals surface area contributed by atoms with E-state index in [0.29, 0.717) is 6.10 Å². The summed E-state index contributed by atoms with van der Waals surface area (Å²) in [6.45, 7) is 9.77. The van der Waals surface area contributed by atoms with Gasteiger partial charge >= 0.3 is 0 Å². The number of hydrogen-bond donors (Lipinski definition) is 1. The number of likely N-dealkylation sites (N-methyl/N-ethyl adjacent to an activating group) is 1. The van der Waals surface area contributed by atoms with Gasteiger partial charge in [0.1, 0.15) is 0 Å². The van der Waals surface area contributed by atoms with Crippen LogP contribution in [0.2, 0.25) is 0 Å². The van der Waals surface area contributed by atoms with E-state index in [1.165, 1.54) is 19.5 Å². The molecule has 1 saturated heterocycles. The Hall–Kier alpha value is -0.160. The Labute approximate surface area is 99.9 Å². The van der Waals surface area contributed by atoms with Crippen molar-refractivity contribution >= 4 is 0 Å². The molecule has 0 spiro atoms. The Morgan fingerprint density at radius 2 is 2.31 bits per heavy atom. The molecule has 96 valence electrons. The Morgan fingerprint density at radius 3 is 3.00 bits per heavy atom. The summed E-state index contributed by atoms with van der Waals surface area (Å²) in [4.78, 5) is 4.89. The van der Waals surface area contributed by atoms with Crippen molar-refractivity contribution in [2.75, 3.05) is 60.0 Å². The van der Waals surface area contributed by atoms with Gasteiger partial charge in [0.2, 0.25) is 0 Å². The lowest BCUT2D eigenvalue weighted by molar-refractivity contribution is -0.0269.